The van der Waals surface area contributed by atoms with Gasteiger partial charge in [-0.25, -0.2) is 4.98 Å². The average molecular weight is 353 g/mol. The van der Waals surface area contributed by atoms with Crippen molar-refractivity contribution in [1.82, 2.24) is 10.3 Å². The number of nitrogens with zero attached hydrogens (tertiary/aromatic N) is 1. The number of pyridine rings is 1. The molecule has 0 atom stereocenters. The minimum atomic E-state index is -0.0227. The summed E-state index contributed by atoms with van der Waals surface area (Å²) >= 11 is 5.05. The Hall–Kier alpha value is -0.940. The molecule has 3 rings (SSSR count). The Morgan fingerprint density at radius 2 is 2.15 bits per heavy atom. The standard InChI is InChI=1S/C15H17BrN2OS/c1-8-7-9(2)17-14-10(8)11(16)12(20-14)13(19)18-15(3)5-4-6-15/h7H,4-6H2,1-3H3,(H,18,19). The monoisotopic (exact) mass is 352 g/mol. The number of aryl methyl sites for hydroxylation is 2. The first-order valence-corrected chi connectivity index (χ1v) is 8.39. The molecule has 1 N–H and O–H groups in total. The van der Waals surface area contributed by atoms with Gasteiger partial charge >= 0.3 is 0 Å². The fourth-order valence-electron chi connectivity index (χ4n) is 2.71. The van der Waals surface area contributed by atoms with Gasteiger partial charge in [0.25, 0.3) is 5.91 Å². The highest BCUT2D eigenvalue weighted by molar-refractivity contribution is 9.10. The maximum absolute atomic E-state index is 12.5. The van der Waals surface area contributed by atoms with Gasteiger partial charge in [0, 0.05) is 16.6 Å². The van der Waals surface area contributed by atoms with E-state index >= 15 is 0 Å². The molecule has 0 aromatic carbocycles. The summed E-state index contributed by atoms with van der Waals surface area (Å²) in [5.41, 5.74) is 2.12. The quantitative estimate of drug-likeness (QED) is 0.872. The smallest absolute Gasteiger partial charge is 0.263 e. The van der Waals surface area contributed by atoms with E-state index in [0.29, 0.717) is 0 Å². The molecule has 20 heavy (non-hydrogen) atoms. The van der Waals surface area contributed by atoms with Crippen molar-refractivity contribution < 1.29 is 4.79 Å². The third kappa shape index (κ3) is 2.27. The maximum Gasteiger partial charge on any atom is 0.263 e. The molecule has 0 aliphatic heterocycles. The molecule has 0 unspecified atom stereocenters. The fraction of sp³-hybridized carbons (Fsp3) is 0.467. The van der Waals surface area contributed by atoms with Gasteiger partial charge in [0.15, 0.2) is 0 Å². The minimum Gasteiger partial charge on any atom is -0.346 e. The van der Waals surface area contributed by atoms with Gasteiger partial charge in [0.05, 0.1) is 4.47 Å². The topological polar surface area (TPSA) is 42.0 Å². The summed E-state index contributed by atoms with van der Waals surface area (Å²) in [6.07, 6.45) is 3.33. The van der Waals surface area contributed by atoms with E-state index in [2.05, 4.69) is 46.1 Å². The van der Waals surface area contributed by atoms with E-state index in [4.69, 9.17) is 0 Å². The Labute approximate surface area is 130 Å². The predicted molar refractivity (Wildman–Crippen MR) is 86.5 cm³/mol. The van der Waals surface area contributed by atoms with E-state index in [1.54, 1.807) is 0 Å². The van der Waals surface area contributed by atoms with E-state index in [0.717, 1.165) is 43.7 Å². The van der Waals surface area contributed by atoms with E-state index in [1.807, 2.05) is 6.92 Å². The van der Waals surface area contributed by atoms with E-state index in [1.165, 1.54) is 17.8 Å². The summed E-state index contributed by atoms with van der Waals surface area (Å²) < 4.78 is 0.878. The van der Waals surface area contributed by atoms with Crippen molar-refractivity contribution in [2.24, 2.45) is 0 Å². The first kappa shape index (κ1) is 14.0. The van der Waals surface area contributed by atoms with Crippen LogP contribution in [0.15, 0.2) is 10.5 Å². The lowest BCUT2D eigenvalue weighted by Gasteiger charge is -2.39. The average Bonchev–Trinajstić information content (AvgIpc) is 2.64. The zero-order valence-electron chi connectivity index (χ0n) is 11.8. The molecule has 106 valence electrons. The highest BCUT2D eigenvalue weighted by Crippen LogP contribution is 2.38. The number of carbonyl (C=O) groups is 1. The molecule has 1 saturated carbocycles. The summed E-state index contributed by atoms with van der Waals surface area (Å²) in [6.45, 7) is 6.15. The summed E-state index contributed by atoms with van der Waals surface area (Å²) in [5.74, 6) is 0.0131. The van der Waals surface area contributed by atoms with Gasteiger partial charge < -0.3 is 5.32 Å². The molecule has 2 aromatic heterocycles. The molecule has 1 amide bonds. The molecule has 0 radical (unpaired) electrons. The van der Waals surface area contributed by atoms with Gasteiger partial charge in [0.2, 0.25) is 0 Å². The lowest BCUT2D eigenvalue weighted by molar-refractivity contribution is 0.0854. The van der Waals surface area contributed by atoms with Gasteiger partial charge in [0.1, 0.15) is 9.71 Å². The van der Waals surface area contributed by atoms with Crippen molar-refractivity contribution in [2.45, 2.75) is 45.6 Å². The number of nitrogens with one attached hydrogen (secondary N) is 1. The third-order valence-corrected chi connectivity index (χ3v) is 6.15. The number of halogens is 1. The Bertz CT molecular complexity index is 703. The van der Waals surface area contributed by atoms with Crippen LogP contribution < -0.4 is 5.32 Å². The van der Waals surface area contributed by atoms with Crippen LogP contribution in [0.5, 0.6) is 0 Å². The summed E-state index contributed by atoms with van der Waals surface area (Å²) in [4.78, 5) is 18.7. The lowest BCUT2D eigenvalue weighted by Crippen LogP contribution is -2.50. The van der Waals surface area contributed by atoms with Crippen LogP contribution in [0.3, 0.4) is 0 Å². The van der Waals surface area contributed by atoms with Crippen molar-refractivity contribution in [1.29, 1.82) is 0 Å². The van der Waals surface area contributed by atoms with E-state index in [9.17, 15) is 4.79 Å². The van der Waals surface area contributed by atoms with Crippen LogP contribution in [0.4, 0.5) is 0 Å². The van der Waals surface area contributed by atoms with Crippen molar-refractivity contribution in [3.63, 3.8) is 0 Å². The van der Waals surface area contributed by atoms with Gasteiger partial charge in [-0.05, 0) is 67.6 Å². The summed E-state index contributed by atoms with van der Waals surface area (Å²) in [5, 5.41) is 4.22. The van der Waals surface area contributed by atoms with Gasteiger partial charge in [-0.15, -0.1) is 11.3 Å². The normalized spacial score (nSPS) is 17.0. The summed E-state index contributed by atoms with van der Waals surface area (Å²) in [6, 6.07) is 2.05. The molecule has 1 aliphatic rings. The first-order chi connectivity index (χ1) is 9.39. The van der Waals surface area contributed by atoms with Gasteiger partial charge in [-0.1, -0.05) is 0 Å². The molecule has 2 aromatic rings. The first-order valence-electron chi connectivity index (χ1n) is 6.78. The number of rotatable bonds is 2. The SMILES string of the molecule is Cc1cc(C)c2c(Br)c(C(=O)NC3(C)CCC3)sc2n1. The molecule has 0 spiro atoms. The van der Waals surface area contributed by atoms with E-state index < -0.39 is 0 Å². The number of carbonyl (C=O) groups excluding carboxylic acids is 1. The Balaban J connectivity index is 2.01. The predicted octanol–water partition coefficient (Wildman–Crippen LogP) is 4.35. The molecular formula is C15H17BrN2OS. The molecule has 2 heterocycles. The van der Waals surface area contributed by atoms with E-state index in [-0.39, 0.29) is 11.4 Å². The molecule has 5 heteroatoms. The highest BCUT2D eigenvalue weighted by atomic mass is 79.9. The molecule has 0 saturated heterocycles. The van der Waals surface area contributed by atoms with Crippen molar-refractivity contribution in [3.05, 3.63) is 26.7 Å². The van der Waals surface area contributed by atoms with Crippen molar-refractivity contribution in [2.75, 3.05) is 0 Å². The highest BCUT2D eigenvalue weighted by Gasteiger charge is 2.34. The number of fused-ring (bicyclic) bond motifs is 1. The van der Waals surface area contributed by atoms with Gasteiger partial charge in [-0.2, -0.15) is 0 Å². The Kier molecular flexibility index (Phi) is 3.37. The zero-order chi connectivity index (χ0) is 14.5. The lowest BCUT2D eigenvalue weighted by atomic mass is 9.78. The second kappa shape index (κ2) is 4.81. The maximum atomic E-state index is 12.5. The largest absolute Gasteiger partial charge is 0.346 e. The number of aromatic nitrogens is 1. The second-order valence-corrected chi connectivity index (χ2v) is 7.67. The van der Waals surface area contributed by atoms with Crippen LogP contribution in [0.1, 0.15) is 47.1 Å². The van der Waals surface area contributed by atoms with Gasteiger partial charge in [-0.3, -0.25) is 4.79 Å². The van der Waals surface area contributed by atoms with Crippen LogP contribution in [0.25, 0.3) is 10.2 Å². The Morgan fingerprint density at radius 3 is 2.75 bits per heavy atom. The second-order valence-electron chi connectivity index (χ2n) is 5.87. The number of hydrogen-bond acceptors (Lipinski definition) is 3. The molecule has 1 aliphatic carbocycles. The number of hydrogen-bond donors (Lipinski definition) is 1. The number of thiophene rings is 1. The molecule has 0 bridgehead atoms. The minimum absolute atomic E-state index is 0.0131. The summed E-state index contributed by atoms with van der Waals surface area (Å²) in [7, 11) is 0. The van der Waals surface area contributed by atoms with Crippen LogP contribution in [0, 0.1) is 13.8 Å². The van der Waals surface area contributed by atoms with Crippen LogP contribution in [0.2, 0.25) is 0 Å². The molecular weight excluding hydrogens is 336 g/mol. The van der Waals surface area contributed by atoms with Crippen LogP contribution in [-0.4, -0.2) is 16.4 Å². The third-order valence-electron chi connectivity index (χ3n) is 4.01. The fourth-order valence-corrected chi connectivity index (χ4v) is 4.85. The molecule has 3 nitrogen and oxygen atoms in total. The molecule has 1 fully saturated rings. The van der Waals surface area contributed by atoms with Crippen molar-refractivity contribution in [3.8, 4) is 0 Å². The zero-order valence-corrected chi connectivity index (χ0v) is 14.2. The van der Waals surface area contributed by atoms with Crippen LogP contribution in [-0.2, 0) is 0 Å². The van der Waals surface area contributed by atoms with Crippen molar-refractivity contribution >= 4 is 43.4 Å². The number of amides is 1. The Morgan fingerprint density at radius 1 is 1.45 bits per heavy atom. The van der Waals surface area contributed by atoms with Crippen LogP contribution >= 0.6 is 27.3 Å².